The monoisotopic (exact) mass is 250 g/mol. The molecule has 1 aliphatic rings. The largest absolute Gasteiger partial charge is 0.290 e. The van der Waals surface area contributed by atoms with Gasteiger partial charge in [0, 0.05) is 7.05 Å². The molecule has 1 heterocycles. The van der Waals surface area contributed by atoms with Gasteiger partial charge in [-0.1, -0.05) is 41.5 Å². The van der Waals surface area contributed by atoms with Gasteiger partial charge in [0.05, 0.1) is 11.3 Å². The lowest BCUT2D eigenvalue weighted by molar-refractivity contribution is 0.180. The summed E-state index contributed by atoms with van der Waals surface area (Å²) in [5, 5.41) is 7.00. The van der Waals surface area contributed by atoms with Crippen LogP contribution < -0.4 is 0 Å². The SMILES string of the molecule is CC(C)C1=NN(C)C(C)(C)C(C(C)C)=C1C(C)C. The summed E-state index contributed by atoms with van der Waals surface area (Å²) in [6.45, 7) is 18.2. The van der Waals surface area contributed by atoms with Crippen LogP contribution >= 0.6 is 0 Å². The summed E-state index contributed by atoms with van der Waals surface area (Å²) in [5.74, 6) is 1.58. The fourth-order valence-electron chi connectivity index (χ4n) is 3.03. The van der Waals surface area contributed by atoms with Gasteiger partial charge in [0.25, 0.3) is 0 Å². The van der Waals surface area contributed by atoms with Crippen molar-refractivity contribution in [2.24, 2.45) is 22.9 Å². The first-order valence-corrected chi connectivity index (χ1v) is 7.17. The minimum Gasteiger partial charge on any atom is -0.290 e. The van der Waals surface area contributed by atoms with E-state index < -0.39 is 0 Å². The van der Waals surface area contributed by atoms with Gasteiger partial charge in [-0.3, -0.25) is 5.01 Å². The van der Waals surface area contributed by atoms with Crippen LogP contribution in [0, 0.1) is 17.8 Å². The zero-order chi connectivity index (χ0) is 14.2. The van der Waals surface area contributed by atoms with Gasteiger partial charge in [-0.2, -0.15) is 5.10 Å². The smallest absolute Gasteiger partial charge is 0.0737 e. The average molecular weight is 250 g/mol. The quantitative estimate of drug-likeness (QED) is 0.728. The van der Waals surface area contributed by atoms with Gasteiger partial charge in [0.1, 0.15) is 0 Å². The molecule has 0 unspecified atom stereocenters. The Kier molecular flexibility index (Phi) is 4.30. The minimum absolute atomic E-state index is 0.0200. The second-order valence-electron chi connectivity index (χ2n) is 6.86. The van der Waals surface area contributed by atoms with Crippen molar-refractivity contribution in [3.05, 3.63) is 11.1 Å². The maximum atomic E-state index is 4.86. The molecule has 0 N–H and O–H groups in total. The number of hydrazone groups is 1. The molecular weight excluding hydrogens is 220 g/mol. The molecule has 0 fully saturated rings. The molecule has 0 aromatic carbocycles. The maximum absolute atomic E-state index is 4.86. The van der Waals surface area contributed by atoms with Crippen LogP contribution in [0.15, 0.2) is 16.2 Å². The molecule has 1 aliphatic heterocycles. The molecule has 0 spiro atoms. The highest BCUT2D eigenvalue weighted by atomic mass is 15.5. The normalized spacial score (nSPS) is 20.2. The lowest BCUT2D eigenvalue weighted by Gasteiger charge is -2.45. The molecular formula is C16H30N2. The van der Waals surface area contributed by atoms with E-state index in [4.69, 9.17) is 5.10 Å². The van der Waals surface area contributed by atoms with E-state index in [9.17, 15) is 0 Å². The number of hydrogen-bond donors (Lipinski definition) is 0. The van der Waals surface area contributed by atoms with E-state index in [0.29, 0.717) is 17.8 Å². The summed E-state index contributed by atoms with van der Waals surface area (Å²) >= 11 is 0. The second kappa shape index (κ2) is 5.07. The third kappa shape index (κ3) is 2.48. The Hall–Kier alpha value is -0.790. The topological polar surface area (TPSA) is 15.6 Å². The summed E-state index contributed by atoms with van der Waals surface area (Å²) < 4.78 is 0. The fourth-order valence-corrected chi connectivity index (χ4v) is 3.03. The Labute approximate surface area is 113 Å². The van der Waals surface area contributed by atoms with Crippen LogP contribution in [0.3, 0.4) is 0 Å². The third-order valence-corrected chi connectivity index (χ3v) is 3.99. The molecule has 0 atom stereocenters. The third-order valence-electron chi connectivity index (χ3n) is 3.99. The number of nitrogens with zero attached hydrogens (tertiary/aromatic N) is 2. The number of rotatable bonds is 3. The van der Waals surface area contributed by atoms with E-state index in [1.807, 2.05) is 0 Å². The molecule has 0 saturated carbocycles. The van der Waals surface area contributed by atoms with Crippen LogP contribution in [-0.2, 0) is 0 Å². The van der Waals surface area contributed by atoms with Crippen molar-refractivity contribution < 1.29 is 0 Å². The van der Waals surface area contributed by atoms with Gasteiger partial charge in [-0.15, -0.1) is 0 Å². The van der Waals surface area contributed by atoms with Crippen molar-refractivity contribution in [1.82, 2.24) is 5.01 Å². The standard InChI is InChI=1S/C16H30N2/c1-10(2)13-14(11(3)4)16(7,8)18(9)17-15(13)12(5)6/h10-12H,1-9H3. The van der Waals surface area contributed by atoms with Gasteiger partial charge >= 0.3 is 0 Å². The lowest BCUT2D eigenvalue weighted by Crippen LogP contribution is -2.47. The van der Waals surface area contributed by atoms with Crippen molar-refractivity contribution >= 4 is 5.71 Å². The van der Waals surface area contributed by atoms with E-state index >= 15 is 0 Å². The van der Waals surface area contributed by atoms with Gasteiger partial charge in [-0.05, 0) is 42.7 Å². The highest BCUT2D eigenvalue weighted by Crippen LogP contribution is 2.39. The zero-order valence-corrected chi connectivity index (χ0v) is 13.6. The van der Waals surface area contributed by atoms with Gasteiger partial charge < -0.3 is 0 Å². The molecule has 0 aromatic rings. The molecule has 0 aromatic heterocycles. The van der Waals surface area contributed by atoms with Gasteiger partial charge in [0.15, 0.2) is 0 Å². The average Bonchev–Trinajstić information content (AvgIpc) is 2.19. The minimum atomic E-state index is 0.0200. The number of allylic oxidation sites excluding steroid dienone is 1. The van der Waals surface area contributed by atoms with Crippen LogP contribution in [0.2, 0.25) is 0 Å². The molecule has 2 heteroatoms. The second-order valence-corrected chi connectivity index (χ2v) is 6.86. The van der Waals surface area contributed by atoms with E-state index in [2.05, 4.69) is 67.4 Å². The Morgan fingerprint density at radius 3 is 1.72 bits per heavy atom. The molecule has 0 aliphatic carbocycles. The highest BCUT2D eigenvalue weighted by molar-refractivity contribution is 6.03. The molecule has 0 saturated heterocycles. The summed E-state index contributed by atoms with van der Waals surface area (Å²) in [6, 6.07) is 0. The molecule has 104 valence electrons. The first-order chi connectivity index (χ1) is 8.10. The summed E-state index contributed by atoms with van der Waals surface area (Å²) in [4.78, 5) is 0. The van der Waals surface area contributed by atoms with Gasteiger partial charge in [-0.25, -0.2) is 0 Å². The highest BCUT2D eigenvalue weighted by Gasteiger charge is 2.38. The van der Waals surface area contributed by atoms with Crippen LogP contribution in [0.5, 0.6) is 0 Å². The number of hydrogen-bond acceptors (Lipinski definition) is 2. The Morgan fingerprint density at radius 1 is 0.889 bits per heavy atom. The molecule has 1 rings (SSSR count). The lowest BCUT2D eigenvalue weighted by atomic mass is 9.74. The first kappa shape index (κ1) is 15.3. The van der Waals surface area contributed by atoms with E-state index in [1.54, 1.807) is 5.57 Å². The first-order valence-electron chi connectivity index (χ1n) is 7.17. The van der Waals surface area contributed by atoms with Crippen molar-refractivity contribution in [3.8, 4) is 0 Å². The Balaban J connectivity index is 3.52. The van der Waals surface area contributed by atoms with Crippen molar-refractivity contribution in [2.45, 2.75) is 60.9 Å². The van der Waals surface area contributed by atoms with Crippen LogP contribution in [0.4, 0.5) is 0 Å². The van der Waals surface area contributed by atoms with Crippen molar-refractivity contribution in [1.29, 1.82) is 0 Å². The Morgan fingerprint density at radius 2 is 1.39 bits per heavy atom. The summed E-state index contributed by atoms with van der Waals surface area (Å²) in [7, 11) is 2.10. The zero-order valence-electron chi connectivity index (χ0n) is 13.6. The van der Waals surface area contributed by atoms with Crippen molar-refractivity contribution in [3.63, 3.8) is 0 Å². The van der Waals surface area contributed by atoms with E-state index in [1.165, 1.54) is 11.3 Å². The molecule has 18 heavy (non-hydrogen) atoms. The van der Waals surface area contributed by atoms with Crippen LogP contribution in [0.1, 0.15) is 55.4 Å². The Bertz CT molecular complexity index is 371. The molecule has 2 nitrogen and oxygen atoms in total. The van der Waals surface area contributed by atoms with E-state index in [0.717, 1.165) is 0 Å². The van der Waals surface area contributed by atoms with Gasteiger partial charge in [0.2, 0.25) is 0 Å². The van der Waals surface area contributed by atoms with Crippen LogP contribution in [0.25, 0.3) is 0 Å². The molecule has 0 bridgehead atoms. The van der Waals surface area contributed by atoms with Crippen LogP contribution in [-0.4, -0.2) is 23.3 Å². The summed E-state index contributed by atoms with van der Waals surface area (Å²) in [5.41, 5.74) is 4.34. The predicted molar refractivity (Wildman–Crippen MR) is 80.8 cm³/mol. The molecule has 0 amide bonds. The van der Waals surface area contributed by atoms with Crippen molar-refractivity contribution in [2.75, 3.05) is 7.05 Å². The van der Waals surface area contributed by atoms with E-state index in [-0.39, 0.29) is 5.54 Å². The number of likely N-dealkylation sites (N-methyl/N-ethyl adjacent to an activating group) is 1. The fraction of sp³-hybridized carbons (Fsp3) is 0.812. The maximum Gasteiger partial charge on any atom is 0.0737 e. The summed E-state index contributed by atoms with van der Waals surface area (Å²) in [6.07, 6.45) is 0. The predicted octanol–water partition coefficient (Wildman–Crippen LogP) is 4.33. The molecule has 0 radical (unpaired) electrons.